The van der Waals surface area contributed by atoms with Crippen LogP contribution in [0.4, 0.5) is 0 Å². The van der Waals surface area contributed by atoms with Crippen molar-refractivity contribution in [2.24, 2.45) is 0 Å². The van der Waals surface area contributed by atoms with Crippen molar-refractivity contribution >= 4 is 21.8 Å². The molecule has 92 valence electrons. The highest BCUT2D eigenvalue weighted by Gasteiger charge is 2.12. The molecular weight excluding hydrogens is 226 g/mol. The highest BCUT2D eigenvalue weighted by Crippen LogP contribution is 2.28. The molecule has 0 radical (unpaired) electrons. The van der Waals surface area contributed by atoms with E-state index in [1.54, 1.807) is 0 Å². The van der Waals surface area contributed by atoms with Gasteiger partial charge < -0.3 is 14.8 Å². The summed E-state index contributed by atoms with van der Waals surface area (Å²) >= 11 is 0. The van der Waals surface area contributed by atoms with E-state index < -0.39 is 6.10 Å². The van der Waals surface area contributed by atoms with Gasteiger partial charge in [0, 0.05) is 21.8 Å². The predicted octanol–water partition coefficient (Wildman–Crippen LogP) is 2.15. The van der Waals surface area contributed by atoms with Gasteiger partial charge in [-0.25, -0.2) is 0 Å². The Morgan fingerprint density at radius 1 is 0.889 bits per heavy atom. The minimum Gasteiger partial charge on any atom is -0.394 e. The molecular formula is C15H15NO2. The Labute approximate surface area is 105 Å². The van der Waals surface area contributed by atoms with Crippen molar-refractivity contribution in [1.29, 1.82) is 0 Å². The topological polar surface area (TPSA) is 45.4 Å². The molecule has 0 aliphatic heterocycles. The summed E-state index contributed by atoms with van der Waals surface area (Å²) in [4.78, 5) is 0. The Hall–Kier alpha value is -1.84. The largest absolute Gasteiger partial charge is 0.394 e. The van der Waals surface area contributed by atoms with Crippen LogP contribution in [-0.2, 0) is 6.54 Å². The zero-order valence-electron chi connectivity index (χ0n) is 9.95. The van der Waals surface area contributed by atoms with Gasteiger partial charge in [0.2, 0.25) is 0 Å². The minimum atomic E-state index is -0.732. The minimum absolute atomic E-state index is 0.221. The third-order valence-corrected chi connectivity index (χ3v) is 3.28. The normalized spacial score (nSPS) is 13.2. The Kier molecular flexibility index (Phi) is 2.78. The van der Waals surface area contributed by atoms with Crippen LogP contribution in [0.5, 0.6) is 0 Å². The molecule has 1 atom stereocenters. The maximum atomic E-state index is 9.68. The molecule has 0 aliphatic rings. The number of rotatable bonds is 3. The van der Waals surface area contributed by atoms with Crippen molar-refractivity contribution in [2.75, 3.05) is 6.61 Å². The number of para-hydroxylation sites is 2. The SMILES string of the molecule is OCC(O)Cn1c2ccccc2c2ccccc21. The lowest BCUT2D eigenvalue weighted by Crippen LogP contribution is -2.19. The summed E-state index contributed by atoms with van der Waals surface area (Å²) in [7, 11) is 0. The number of hydrogen-bond donors (Lipinski definition) is 2. The number of aliphatic hydroxyl groups is 2. The Bertz CT molecular complexity index is 634. The molecule has 1 unspecified atom stereocenters. The van der Waals surface area contributed by atoms with Gasteiger partial charge >= 0.3 is 0 Å². The smallest absolute Gasteiger partial charge is 0.0949 e. The Balaban J connectivity index is 2.31. The maximum Gasteiger partial charge on any atom is 0.0949 e. The van der Waals surface area contributed by atoms with Gasteiger partial charge in [-0.15, -0.1) is 0 Å². The molecule has 3 rings (SSSR count). The summed E-state index contributed by atoms with van der Waals surface area (Å²) in [5.41, 5.74) is 2.18. The second kappa shape index (κ2) is 4.44. The lowest BCUT2D eigenvalue weighted by molar-refractivity contribution is 0.0831. The fraction of sp³-hybridized carbons (Fsp3) is 0.200. The van der Waals surface area contributed by atoms with Crippen LogP contribution in [0.3, 0.4) is 0 Å². The summed E-state index contributed by atoms with van der Waals surface area (Å²) in [6.45, 7) is 0.186. The van der Waals surface area contributed by atoms with E-state index in [2.05, 4.69) is 16.7 Å². The van der Waals surface area contributed by atoms with Crippen LogP contribution in [-0.4, -0.2) is 27.5 Å². The first-order chi connectivity index (χ1) is 8.81. The molecule has 0 fully saturated rings. The fourth-order valence-corrected chi connectivity index (χ4v) is 2.47. The molecule has 0 saturated heterocycles. The molecule has 0 spiro atoms. The van der Waals surface area contributed by atoms with Crippen LogP contribution in [0.15, 0.2) is 48.5 Å². The molecule has 0 aliphatic carbocycles. The van der Waals surface area contributed by atoms with Gasteiger partial charge in [0.1, 0.15) is 0 Å². The summed E-state index contributed by atoms with van der Waals surface area (Å²) < 4.78 is 2.06. The van der Waals surface area contributed by atoms with Crippen LogP contribution in [0.1, 0.15) is 0 Å². The molecule has 18 heavy (non-hydrogen) atoms. The number of fused-ring (bicyclic) bond motifs is 3. The first-order valence-electron chi connectivity index (χ1n) is 6.06. The van der Waals surface area contributed by atoms with Crippen LogP contribution in [0.25, 0.3) is 21.8 Å². The number of nitrogens with zero attached hydrogens (tertiary/aromatic N) is 1. The van der Waals surface area contributed by atoms with E-state index in [1.165, 1.54) is 10.8 Å². The summed E-state index contributed by atoms with van der Waals surface area (Å²) in [6, 6.07) is 16.3. The second-order valence-electron chi connectivity index (χ2n) is 4.48. The van der Waals surface area contributed by atoms with E-state index in [1.807, 2.05) is 36.4 Å². The lowest BCUT2D eigenvalue weighted by atomic mass is 10.2. The van der Waals surface area contributed by atoms with Crippen molar-refractivity contribution in [3.8, 4) is 0 Å². The number of aliphatic hydroxyl groups excluding tert-OH is 2. The van der Waals surface area contributed by atoms with E-state index in [0.29, 0.717) is 6.54 Å². The standard InChI is InChI=1S/C15H15NO2/c17-10-11(18)9-16-14-7-3-1-5-12(14)13-6-2-4-8-15(13)16/h1-8,11,17-18H,9-10H2. The first-order valence-corrected chi connectivity index (χ1v) is 6.06. The highest BCUT2D eigenvalue weighted by atomic mass is 16.3. The highest BCUT2D eigenvalue weighted by molar-refractivity contribution is 6.07. The predicted molar refractivity (Wildman–Crippen MR) is 72.5 cm³/mol. The average Bonchev–Trinajstić information content (AvgIpc) is 2.74. The van der Waals surface area contributed by atoms with Crippen LogP contribution >= 0.6 is 0 Å². The average molecular weight is 241 g/mol. The van der Waals surface area contributed by atoms with Gasteiger partial charge in [0.05, 0.1) is 19.3 Å². The fourth-order valence-electron chi connectivity index (χ4n) is 2.47. The third-order valence-electron chi connectivity index (χ3n) is 3.28. The molecule has 1 heterocycles. The quantitative estimate of drug-likeness (QED) is 0.738. The molecule has 1 aromatic heterocycles. The third kappa shape index (κ3) is 1.68. The van der Waals surface area contributed by atoms with E-state index in [0.717, 1.165) is 11.0 Å². The molecule has 3 aromatic rings. The van der Waals surface area contributed by atoms with E-state index >= 15 is 0 Å². The molecule has 2 N–H and O–H groups in total. The van der Waals surface area contributed by atoms with E-state index in [4.69, 9.17) is 5.11 Å². The van der Waals surface area contributed by atoms with Crippen molar-refractivity contribution in [1.82, 2.24) is 4.57 Å². The number of benzene rings is 2. The van der Waals surface area contributed by atoms with Gasteiger partial charge in [0.15, 0.2) is 0 Å². The number of aromatic nitrogens is 1. The van der Waals surface area contributed by atoms with Crippen molar-refractivity contribution in [3.63, 3.8) is 0 Å². The van der Waals surface area contributed by atoms with Gasteiger partial charge in [-0.05, 0) is 12.1 Å². The maximum absolute atomic E-state index is 9.68. The Morgan fingerprint density at radius 3 is 1.89 bits per heavy atom. The molecule has 3 heteroatoms. The molecule has 0 amide bonds. The summed E-state index contributed by atoms with van der Waals surface area (Å²) in [5, 5.41) is 21.1. The van der Waals surface area contributed by atoms with Crippen molar-refractivity contribution < 1.29 is 10.2 Å². The van der Waals surface area contributed by atoms with E-state index in [9.17, 15) is 5.11 Å². The summed E-state index contributed by atoms with van der Waals surface area (Å²) in [6.07, 6.45) is -0.732. The van der Waals surface area contributed by atoms with Crippen LogP contribution in [0.2, 0.25) is 0 Å². The number of hydrogen-bond acceptors (Lipinski definition) is 2. The molecule has 2 aromatic carbocycles. The van der Waals surface area contributed by atoms with Gasteiger partial charge in [-0.2, -0.15) is 0 Å². The van der Waals surface area contributed by atoms with Gasteiger partial charge in [-0.1, -0.05) is 36.4 Å². The van der Waals surface area contributed by atoms with Crippen LogP contribution in [0, 0.1) is 0 Å². The van der Waals surface area contributed by atoms with Crippen molar-refractivity contribution in [3.05, 3.63) is 48.5 Å². The lowest BCUT2D eigenvalue weighted by Gasteiger charge is -2.11. The van der Waals surface area contributed by atoms with Crippen molar-refractivity contribution in [2.45, 2.75) is 12.6 Å². The van der Waals surface area contributed by atoms with Gasteiger partial charge in [0.25, 0.3) is 0 Å². The molecule has 0 bridgehead atoms. The summed E-state index contributed by atoms with van der Waals surface area (Å²) in [5.74, 6) is 0. The zero-order valence-corrected chi connectivity index (χ0v) is 9.95. The monoisotopic (exact) mass is 241 g/mol. The first kappa shape index (κ1) is 11.3. The Morgan fingerprint density at radius 2 is 1.39 bits per heavy atom. The zero-order chi connectivity index (χ0) is 12.5. The van der Waals surface area contributed by atoms with Crippen LogP contribution < -0.4 is 0 Å². The molecule has 3 nitrogen and oxygen atoms in total. The second-order valence-corrected chi connectivity index (χ2v) is 4.48. The van der Waals surface area contributed by atoms with E-state index in [-0.39, 0.29) is 6.61 Å². The van der Waals surface area contributed by atoms with Gasteiger partial charge in [-0.3, -0.25) is 0 Å². The molecule has 0 saturated carbocycles.